The van der Waals surface area contributed by atoms with Crippen LogP contribution < -0.4 is 10.6 Å². The Morgan fingerprint density at radius 1 is 0.885 bits per heavy atom. The van der Waals surface area contributed by atoms with Gasteiger partial charge in [-0.3, -0.25) is 14.5 Å². The molecule has 7 heteroatoms. The smallest absolute Gasteiger partial charge is 0.308 e. The first-order chi connectivity index (χ1) is 12.2. The summed E-state index contributed by atoms with van der Waals surface area (Å²) in [5.74, 6) is -0.686. The molecular weight excluding hydrogens is 354 g/mol. The molecule has 0 saturated heterocycles. The zero-order chi connectivity index (χ0) is 19.1. The Morgan fingerprint density at radius 3 is 2.04 bits per heavy atom. The molecule has 0 fully saturated rings. The van der Waals surface area contributed by atoms with E-state index in [-0.39, 0.29) is 17.4 Å². The number of urea groups is 1. The standard InChI is InChI=1S/C19H18ClN3O3/c1-19(2,3)23-16(24)14-9-8-13(10-15(14)17(23)25)22-18(26)21-12-6-4-11(20)5-7-12/h4-10H,1-3H3,(H2,21,22,26). The van der Waals surface area contributed by atoms with E-state index in [0.29, 0.717) is 22.0 Å². The van der Waals surface area contributed by atoms with Crippen molar-refractivity contribution in [1.29, 1.82) is 0 Å². The van der Waals surface area contributed by atoms with Crippen LogP contribution in [0.5, 0.6) is 0 Å². The van der Waals surface area contributed by atoms with Crippen LogP contribution in [0.15, 0.2) is 42.5 Å². The highest BCUT2D eigenvalue weighted by molar-refractivity contribution is 6.30. The van der Waals surface area contributed by atoms with Gasteiger partial charge >= 0.3 is 6.03 Å². The van der Waals surface area contributed by atoms with Crippen molar-refractivity contribution in [3.63, 3.8) is 0 Å². The maximum absolute atomic E-state index is 12.6. The van der Waals surface area contributed by atoms with E-state index < -0.39 is 11.6 Å². The summed E-state index contributed by atoms with van der Waals surface area (Å²) in [5, 5.41) is 5.90. The summed E-state index contributed by atoms with van der Waals surface area (Å²) in [4.78, 5) is 38.4. The monoisotopic (exact) mass is 371 g/mol. The van der Waals surface area contributed by atoms with Crippen molar-refractivity contribution in [2.45, 2.75) is 26.3 Å². The van der Waals surface area contributed by atoms with Crippen LogP contribution in [0.4, 0.5) is 16.2 Å². The van der Waals surface area contributed by atoms with E-state index in [4.69, 9.17) is 11.6 Å². The molecule has 1 aliphatic rings. The molecule has 0 aliphatic carbocycles. The topological polar surface area (TPSA) is 78.5 Å². The third-order valence-electron chi connectivity index (χ3n) is 3.92. The molecule has 134 valence electrons. The number of rotatable bonds is 2. The number of anilines is 2. The summed E-state index contributed by atoms with van der Waals surface area (Å²) in [5.41, 5.74) is 1.01. The normalized spacial score (nSPS) is 13.6. The number of imide groups is 1. The fourth-order valence-corrected chi connectivity index (χ4v) is 2.88. The number of carbonyl (C=O) groups is 3. The third kappa shape index (κ3) is 3.41. The molecule has 1 heterocycles. The van der Waals surface area contributed by atoms with Gasteiger partial charge in [0.1, 0.15) is 0 Å². The van der Waals surface area contributed by atoms with Gasteiger partial charge in [0.05, 0.1) is 11.1 Å². The molecule has 0 radical (unpaired) electrons. The zero-order valence-electron chi connectivity index (χ0n) is 14.6. The Kier molecular flexibility index (Phi) is 4.46. The lowest BCUT2D eigenvalue weighted by Crippen LogP contribution is -2.45. The van der Waals surface area contributed by atoms with E-state index in [9.17, 15) is 14.4 Å². The van der Waals surface area contributed by atoms with E-state index in [2.05, 4.69) is 10.6 Å². The number of amides is 4. The van der Waals surface area contributed by atoms with Crippen molar-refractivity contribution < 1.29 is 14.4 Å². The number of fused-ring (bicyclic) bond motifs is 1. The molecule has 6 nitrogen and oxygen atoms in total. The SMILES string of the molecule is CC(C)(C)N1C(=O)c2ccc(NC(=O)Nc3ccc(Cl)cc3)cc2C1=O. The minimum atomic E-state index is -0.618. The molecule has 0 aromatic heterocycles. The average molecular weight is 372 g/mol. The molecule has 3 rings (SSSR count). The maximum Gasteiger partial charge on any atom is 0.323 e. The largest absolute Gasteiger partial charge is 0.323 e. The average Bonchev–Trinajstić information content (AvgIpc) is 2.80. The van der Waals surface area contributed by atoms with Crippen molar-refractivity contribution in [3.05, 3.63) is 58.6 Å². The van der Waals surface area contributed by atoms with Gasteiger partial charge in [0, 0.05) is 21.9 Å². The van der Waals surface area contributed by atoms with Gasteiger partial charge in [-0.05, 0) is 63.2 Å². The molecule has 0 bridgehead atoms. The van der Waals surface area contributed by atoms with E-state index in [1.54, 1.807) is 57.2 Å². The van der Waals surface area contributed by atoms with Crippen LogP contribution in [0.1, 0.15) is 41.5 Å². The molecular formula is C19H18ClN3O3. The van der Waals surface area contributed by atoms with Crippen molar-refractivity contribution in [3.8, 4) is 0 Å². The van der Waals surface area contributed by atoms with Crippen LogP contribution in [0.25, 0.3) is 0 Å². The first kappa shape index (κ1) is 17.9. The lowest BCUT2D eigenvalue weighted by molar-refractivity contribution is 0.0507. The molecule has 2 aromatic carbocycles. The highest BCUT2D eigenvalue weighted by Crippen LogP contribution is 2.31. The van der Waals surface area contributed by atoms with Crippen molar-refractivity contribution >= 4 is 40.8 Å². The lowest BCUT2D eigenvalue weighted by atomic mass is 10.1. The van der Waals surface area contributed by atoms with Crippen LogP contribution in [-0.2, 0) is 0 Å². The fourth-order valence-electron chi connectivity index (χ4n) is 2.75. The first-order valence-corrected chi connectivity index (χ1v) is 8.41. The Balaban J connectivity index is 1.77. The highest BCUT2D eigenvalue weighted by atomic mass is 35.5. The molecule has 0 unspecified atom stereocenters. The number of benzene rings is 2. The number of nitrogens with one attached hydrogen (secondary N) is 2. The number of carbonyl (C=O) groups excluding carboxylic acids is 3. The van der Waals surface area contributed by atoms with Crippen molar-refractivity contribution in [1.82, 2.24) is 4.90 Å². The molecule has 1 aliphatic heterocycles. The Hall–Kier alpha value is -2.86. The van der Waals surface area contributed by atoms with E-state index in [1.165, 1.54) is 11.0 Å². The highest BCUT2D eigenvalue weighted by Gasteiger charge is 2.41. The van der Waals surface area contributed by atoms with Gasteiger partial charge in [-0.25, -0.2) is 4.79 Å². The summed E-state index contributed by atoms with van der Waals surface area (Å²) < 4.78 is 0. The van der Waals surface area contributed by atoms with E-state index >= 15 is 0 Å². The maximum atomic E-state index is 12.6. The molecule has 0 atom stereocenters. The first-order valence-electron chi connectivity index (χ1n) is 8.03. The molecule has 2 N–H and O–H groups in total. The number of hydrogen-bond acceptors (Lipinski definition) is 3. The zero-order valence-corrected chi connectivity index (χ0v) is 15.3. The van der Waals surface area contributed by atoms with Gasteiger partial charge in [-0.1, -0.05) is 11.6 Å². The minimum absolute atomic E-state index is 0.286. The van der Waals surface area contributed by atoms with Crippen LogP contribution in [0.3, 0.4) is 0 Å². The second kappa shape index (κ2) is 6.46. The van der Waals surface area contributed by atoms with Crippen molar-refractivity contribution in [2.75, 3.05) is 10.6 Å². The summed E-state index contributed by atoms with van der Waals surface area (Å²) in [6.07, 6.45) is 0. The molecule has 26 heavy (non-hydrogen) atoms. The molecule has 0 spiro atoms. The van der Waals surface area contributed by atoms with Gasteiger partial charge in [-0.2, -0.15) is 0 Å². The van der Waals surface area contributed by atoms with Crippen LogP contribution >= 0.6 is 11.6 Å². The summed E-state index contributed by atoms with van der Waals surface area (Å²) in [6.45, 7) is 5.40. The third-order valence-corrected chi connectivity index (χ3v) is 4.17. The number of hydrogen-bond donors (Lipinski definition) is 2. The summed E-state index contributed by atoms with van der Waals surface area (Å²) in [7, 11) is 0. The summed E-state index contributed by atoms with van der Waals surface area (Å²) in [6, 6.07) is 10.9. The molecule has 0 saturated carbocycles. The predicted molar refractivity (Wildman–Crippen MR) is 101 cm³/mol. The van der Waals surface area contributed by atoms with E-state index in [1.807, 2.05) is 0 Å². The summed E-state index contributed by atoms with van der Waals surface area (Å²) >= 11 is 5.81. The second-order valence-corrected chi connectivity index (χ2v) is 7.40. The van der Waals surface area contributed by atoms with Crippen LogP contribution in [-0.4, -0.2) is 28.3 Å². The Labute approximate surface area is 156 Å². The van der Waals surface area contributed by atoms with Crippen molar-refractivity contribution in [2.24, 2.45) is 0 Å². The van der Waals surface area contributed by atoms with Gasteiger partial charge in [-0.15, -0.1) is 0 Å². The molecule has 2 aromatic rings. The van der Waals surface area contributed by atoms with Gasteiger partial charge in [0.15, 0.2) is 0 Å². The Morgan fingerprint density at radius 2 is 1.42 bits per heavy atom. The molecule has 4 amide bonds. The van der Waals surface area contributed by atoms with E-state index in [0.717, 1.165) is 0 Å². The predicted octanol–water partition coefficient (Wildman–Crippen LogP) is 4.38. The second-order valence-electron chi connectivity index (χ2n) is 6.96. The Bertz CT molecular complexity index is 901. The van der Waals surface area contributed by atoms with Crippen LogP contribution in [0, 0.1) is 0 Å². The minimum Gasteiger partial charge on any atom is -0.308 e. The van der Waals surface area contributed by atoms with Crippen LogP contribution in [0.2, 0.25) is 5.02 Å². The van der Waals surface area contributed by atoms with Gasteiger partial charge in [0.2, 0.25) is 0 Å². The van der Waals surface area contributed by atoms with Gasteiger partial charge < -0.3 is 10.6 Å². The lowest BCUT2D eigenvalue weighted by Gasteiger charge is -2.29. The number of nitrogens with zero attached hydrogens (tertiary/aromatic N) is 1. The fraction of sp³-hybridized carbons (Fsp3) is 0.211. The van der Waals surface area contributed by atoms with Gasteiger partial charge in [0.25, 0.3) is 11.8 Å². The quantitative estimate of drug-likeness (QED) is 0.769. The number of halogens is 1.